The Morgan fingerprint density at radius 2 is 1.71 bits per heavy atom. The van der Waals surface area contributed by atoms with Crippen molar-refractivity contribution in [1.82, 2.24) is 5.48 Å². The van der Waals surface area contributed by atoms with Gasteiger partial charge in [0.15, 0.2) is 6.61 Å². The Kier molecular flexibility index (Phi) is 4.41. The number of rotatable bonds is 4. The van der Waals surface area contributed by atoms with Gasteiger partial charge in [-0.15, -0.1) is 0 Å². The van der Waals surface area contributed by atoms with E-state index in [2.05, 4.69) is 10.3 Å². The molecular weight excluding hydrogens is 245 g/mol. The maximum Gasteiger partial charge on any atom is 0.413 e. The average Bonchev–Trinajstić information content (AvgIpc) is 2.13. The van der Waals surface area contributed by atoms with Crippen molar-refractivity contribution in [3.05, 3.63) is 35.4 Å². The zero-order chi connectivity index (χ0) is 13.1. The summed E-state index contributed by atoms with van der Waals surface area (Å²) in [6.45, 7) is -0.0558. The summed E-state index contributed by atoms with van der Waals surface area (Å²) in [4.78, 5) is 4.17. The molecule has 1 aromatic rings. The Morgan fingerprint density at radius 1 is 1.18 bits per heavy atom. The Labute approximate surface area is 94.3 Å². The van der Waals surface area contributed by atoms with Gasteiger partial charge in [-0.05, 0) is 24.6 Å². The van der Waals surface area contributed by atoms with Crippen LogP contribution in [-0.2, 0) is 4.84 Å². The van der Waals surface area contributed by atoms with E-state index in [-0.39, 0.29) is 5.56 Å². The molecular formula is C10H10F5NO. The molecule has 0 radical (unpaired) electrons. The van der Waals surface area contributed by atoms with Crippen LogP contribution in [0.5, 0.6) is 0 Å². The van der Waals surface area contributed by atoms with Crippen LogP contribution in [0.3, 0.4) is 0 Å². The minimum absolute atomic E-state index is 0.157. The van der Waals surface area contributed by atoms with E-state index < -0.39 is 30.5 Å². The summed E-state index contributed by atoms with van der Waals surface area (Å²) in [5.74, 6) is -1.60. The van der Waals surface area contributed by atoms with Gasteiger partial charge in [0, 0.05) is 6.07 Å². The number of hydroxylamine groups is 1. The van der Waals surface area contributed by atoms with Crippen molar-refractivity contribution < 1.29 is 26.8 Å². The lowest BCUT2D eigenvalue weighted by atomic mass is 10.1. The second-order valence-corrected chi connectivity index (χ2v) is 3.45. The minimum Gasteiger partial charge on any atom is -0.292 e. The van der Waals surface area contributed by atoms with Crippen LogP contribution in [0.2, 0.25) is 0 Å². The molecule has 1 aromatic carbocycles. The topological polar surface area (TPSA) is 21.3 Å². The largest absolute Gasteiger partial charge is 0.413 e. The maximum absolute atomic E-state index is 12.8. The van der Waals surface area contributed by atoms with Crippen molar-refractivity contribution in [3.63, 3.8) is 0 Å². The van der Waals surface area contributed by atoms with Gasteiger partial charge in [-0.2, -0.15) is 18.7 Å². The molecule has 0 bridgehead atoms. The second kappa shape index (κ2) is 5.42. The highest BCUT2D eigenvalue weighted by Gasteiger charge is 2.28. The molecule has 0 aromatic heterocycles. The minimum atomic E-state index is -4.46. The van der Waals surface area contributed by atoms with Crippen LogP contribution in [0.25, 0.3) is 0 Å². The first kappa shape index (κ1) is 13.9. The molecule has 0 aliphatic rings. The standard InChI is InChI=1S/C10H10F5NO/c1-6(16-17-5-10(13,14)15)7-2-8(11)4-9(12)3-7/h2-4,6,16H,5H2,1H3. The lowest BCUT2D eigenvalue weighted by Crippen LogP contribution is -2.26. The van der Waals surface area contributed by atoms with Gasteiger partial charge in [0.1, 0.15) is 11.6 Å². The molecule has 0 fully saturated rings. The molecule has 17 heavy (non-hydrogen) atoms. The monoisotopic (exact) mass is 255 g/mol. The SMILES string of the molecule is CC(NOCC(F)(F)F)c1cc(F)cc(F)c1. The van der Waals surface area contributed by atoms with Crippen molar-refractivity contribution in [1.29, 1.82) is 0 Å². The molecule has 96 valence electrons. The number of hydrogen-bond acceptors (Lipinski definition) is 2. The zero-order valence-corrected chi connectivity index (χ0v) is 8.81. The normalized spacial score (nSPS) is 13.8. The summed E-state index contributed by atoms with van der Waals surface area (Å²) >= 11 is 0. The van der Waals surface area contributed by atoms with Gasteiger partial charge in [-0.3, -0.25) is 4.84 Å². The van der Waals surface area contributed by atoms with E-state index in [1.54, 1.807) is 0 Å². The summed E-state index contributed by atoms with van der Waals surface area (Å²) in [5.41, 5.74) is 2.21. The Hall–Kier alpha value is -1.21. The summed E-state index contributed by atoms with van der Waals surface area (Å²) < 4.78 is 60.9. The fourth-order valence-corrected chi connectivity index (χ4v) is 1.14. The number of halogens is 5. The maximum atomic E-state index is 12.8. The van der Waals surface area contributed by atoms with E-state index in [9.17, 15) is 22.0 Å². The predicted octanol–water partition coefficient (Wildman–Crippen LogP) is 3.11. The molecule has 0 aliphatic carbocycles. The molecule has 0 heterocycles. The van der Waals surface area contributed by atoms with Crippen LogP contribution in [0.1, 0.15) is 18.5 Å². The van der Waals surface area contributed by atoms with Gasteiger partial charge in [-0.1, -0.05) is 0 Å². The first-order valence-electron chi connectivity index (χ1n) is 4.68. The molecule has 1 rings (SSSR count). The van der Waals surface area contributed by atoms with Gasteiger partial charge in [0.25, 0.3) is 0 Å². The third kappa shape index (κ3) is 5.10. The van der Waals surface area contributed by atoms with Crippen molar-refractivity contribution >= 4 is 0 Å². The molecule has 0 amide bonds. The predicted molar refractivity (Wildman–Crippen MR) is 49.9 cm³/mol. The van der Waals surface area contributed by atoms with Crippen LogP contribution in [0.15, 0.2) is 18.2 Å². The fraction of sp³-hybridized carbons (Fsp3) is 0.400. The molecule has 0 spiro atoms. The van der Waals surface area contributed by atoms with Crippen molar-refractivity contribution in [2.24, 2.45) is 0 Å². The van der Waals surface area contributed by atoms with E-state index in [0.29, 0.717) is 6.07 Å². The van der Waals surface area contributed by atoms with Crippen LogP contribution >= 0.6 is 0 Å². The van der Waals surface area contributed by atoms with E-state index in [4.69, 9.17) is 0 Å². The Balaban J connectivity index is 2.55. The number of alkyl halides is 3. The summed E-state index contributed by atoms with van der Waals surface area (Å²) in [5, 5.41) is 0. The van der Waals surface area contributed by atoms with E-state index in [1.165, 1.54) is 6.92 Å². The first-order chi connectivity index (χ1) is 7.78. The quantitative estimate of drug-likeness (QED) is 0.659. The molecule has 0 saturated carbocycles. The van der Waals surface area contributed by atoms with Crippen molar-refractivity contribution in [2.45, 2.75) is 19.1 Å². The highest BCUT2D eigenvalue weighted by molar-refractivity contribution is 5.20. The molecule has 2 nitrogen and oxygen atoms in total. The van der Waals surface area contributed by atoms with Gasteiger partial charge in [-0.25, -0.2) is 8.78 Å². The molecule has 1 atom stereocenters. The van der Waals surface area contributed by atoms with Crippen LogP contribution in [0, 0.1) is 11.6 Å². The summed E-state index contributed by atoms with van der Waals surface area (Å²) in [6.07, 6.45) is -4.46. The zero-order valence-electron chi connectivity index (χ0n) is 8.81. The summed E-state index contributed by atoms with van der Waals surface area (Å²) in [7, 11) is 0. The Morgan fingerprint density at radius 3 is 2.18 bits per heavy atom. The number of hydrogen-bond donors (Lipinski definition) is 1. The number of benzene rings is 1. The third-order valence-electron chi connectivity index (χ3n) is 1.88. The van der Waals surface area contributed by atoms with Crippen LogP contribution in [-0.4, -0.2) is 12.8 Å². The van der Waals surface area contributed by atoms with E-state index in [1.807, 2.05) is 0 Å². The summed E-state index contributed by atoms with van der Waals surface area (Å²) in [6, 6.07) is 1.94. The van der Waals surface area contributed by atoms with Crippen LogP contribution < -0.4 is 5.48 Å². The molecule has 7 heteroatoms. The molecule has 1 N–H and O–H groups in total. The fourth-order valence-electron chi connectivity index (χ4n) is 1.14. The number of nitrogens with one attached hydrogen (secondary N) is 1. The van der Waals surface area contributed by atoms with Gasteiger partial charge in [0.2, 0.25) is 0 Å². The smallest absolute Gasteiger partial charge is 0.292 e. The van der Waals surface area contributed by atoms with Gasteiger partial charge in [0.05, 0.1) is 6.04 Å². The van der Waals surface area contributed by atoms with Crippen molar-refractivity contribution in [3.8, 4) is 0 Å². The van der Waals surface area contributed by atoms with E-state index in [0.717, 1.165) is 12.1 Å². The lowest BCUT2D eigenvalue weighted by molar-refractivity contribution is -0.192. The lowest BCUT2D eigenvalue weighted by Gasteiger charge is -2.15. The van der Waals surface area contributed by atoms with E-state index >= 15 is 0 Å². The average molecular weight is 255 g/mol. The van der Waals surface area contributed by atoms with Crippen LogP contribution in [0.4, 0.5) is 22.0 Å². The third-order valence-corrected chi connectivity index (χ3v) is 1.88. The second-order valence-electron chi connectivity index (χ2n) is 3.45. The Bertz CT molecular complexity index is 359. The van der Waals surface area contributed by atoms with Gasteiger partial charge < -0.3 is 0 Å². The molecule has 0 aliphatic heterocycles. The van der Waals surface area contributed by atoms with Crippen molar-refractivity contribution in [2.75, 3.05) is 6.61 Å². The highest BCUT2D eigenvalue weighted by Crippen LogP contribution is 2.17. The first-order valence-corrected chi connectivity index (χ1v) is 4.68. The molecule has 1 unspecified atom stereocenters. The molecule has 0 saturated heterocycles. The van der Waals surface area contributed by atoms with Gasteiger partial charge >= 0.3 is 6.18 Å². The highest BCUT2D eigenvalue weighted by atomic mass is 19.4.